The maximum atomic E-state index is 6.07. The SMILES string of the molecule is NCC1(OCCc2cccnc2)CCCCC1. The Morgan fingerprint density at radius 2 is 2.12 bits per heavy atom. The van der Waals surface area contributed by atoms with E-state index in [0.717, 1.165) is 25.9 Å². The van der Waals surface area contributed by atoms with Crippen LogP contribution in [0, 0.1) is 0 Å². The molecule has 17 heavy (non-hydrogen) atoms. The molecule has 0 spiro atoms. The molecule has 1 aliphatic rings. The molecule has 0 aromatic carbocycles. The summed E-state index contributed by atoms with van der Waals surface area (Å²) in [6.45, 7) is 1.41. The molecule has 0 bridgehead atoms. The lowest BCUT2D eigenvalue weighted by Gasteiger charge is -2.36. The largest absolute Gasteiger partial charge is 0.373 e. The van der Waals surface area contributed by atoms with Gasteiger partial charge in [0.1, 0.15) is 0 Å². The Bertz CT molecular complexity index is 320. The van der Waals surface area contributed by atoms with Gasteiger partial charge < -0.3 is 10.5 Å². The van der Waals surface area contributed by atoms with Gasteiger partial charge in [-0.05, 0) is 30.9 Å². The molecule has 3 heteroatoms. The molecule has 0 unspecified atom stereocenters. The summed E-state index contributed by atoms with van der Waals surface area (Å²) in [4.78, 5) is 4.11. The first kappa shape index (κ1) is 12.5. The summed E-state index contributed by atoms with van der Waals surface area (Å²) in [6.07, 6.45) is 10.7. The fourth-order valence-electron chi connectivity index (χ4n) is 2.53. The van der Waals surface area contributed by atoms with Crippen molar-refractivity contribution in [3.05, 3.63) is 30.1 Å². The molecule has 0 amide bonds. The summed E-state index contributed by atoms with van der Waals surface area (Å²) < 4.78 is 6.07. The van der Waals surface area contributed by atoms with Crippen LogP contribution in [0.25, 0.3) is 0 Å². The zero-order chi connectivity index (χ0) is 12.0. The fraction of sp³-hybridized carbons (Fsp3) is 0.643. The maximum Gasteiger partial charge on any atom is 0.0804 e. The van der Waals surface area contributed by atoms with Gasteiger partial charge in [-0.15, -0.1) is 0 Å². The highest BCUT2D eigenvalue weighted by Crippen LogP contribution is 2.30. The normalized spacial score (nSPS) is 19.1. The predicted octanol–water partition coefficient (Wildman–Crippen LogP) is 2.30. The third-order valence-electron chi connectivity index (χ3n) is 3.66. The van der Waals surface area contributed by atoms with Crippen molar-refractivity contribution in [3.63, 3.8) is 0 Å². The lowest BCUT2D eigenvalue weighted by Crippen LogP contribution is -2.43. The summed E-state index contributed by atoms with van der Waals surface area (Å²) in [6, 6.07) is 4.06. The van der Waals surface area contributed by atoms with Crippen LogP contribution in [0.1, 0.15) is 37.7 Å². The molecule has 1 heterocycles. The Balaban J connectivity index is 1.80. The Kier molecular flexibility index (Phi) is 4.51. The topological polar surface area (TPSA) is 48.1 Å². The standard InChI is InChI=1S/C14H22N2O/c15-12-14(7-2-1-3-8-14)17-10-6-13-5-4-9-16-11-13/h4-5,9,11H,1-3,6-8,10,12,15H2. The average Bonchev–Trinajstić information content (AvgIpc) is 2.41. The van der Waals surface area contributed by atoms with Crippen LogP contribution in [0.15, 0.2) is 24.5 Å². The van der Waals surface area contributed by atoms with Gasteiger partial charge in [0.2, 0.25) is 0 Å². The molecule has 2 rings (SSSR count). The van der Waals surface area contributed by atoms with Crippen molar-refractivity contribution in [1.82, 2.24) is 4.98 Å². The summed E-state index contributed by atoms with van der Waals surface area (Å²) in [5, 5.41) is 0. The fourth-order valence-corrected chi connectivity index (χ4v) is 2.53. The number of nitrogens with two attached hydrogens (primary N) is 1. The van der Waals surface area contributed by atoms with Crippen LogP contribution in [0.5, 0.6) is 0 Å². The van der Waals surface area contributed by atoms with E-state index in [1.165, 1.54) is 24.8 Å². The first-order valence-corrected chi connectivity index (χ1v) is 6.58. The summed E-state index contributed by atoms with van der Waals surface area (Å²) in [7, 11) is 0. The lowest BCUT2D eigenvalue weighted by atomic mass is 9.84. The van der Waals surface area contributed by atoms with Gasteiger partial charge in [-0.2, -0.15) is 0 Å². The van der Waals surface area contributed by atoms with Crippen molar-refractivity contribution in [2.45, 2.75) is 44.1 Å². The van der Waals surface area contributed by atoms with E-state index >= 15 is 0 Å². The molecule has 0 atom stereocenters. The van der Waals surface area contributed by atoms with Gasteiger partial charge >= 0.3 is 0 Å². The van der Waals surface area contributed by atoms with Gasteiger partial charge in [0.25, 0.3) is 0 Å². The maximum absolute atomic E-state index is 6.07. The van der Waals surface area contributed by atoms with Crippen molar-refractivity contribution >= 4 is 0 Å². The van der Waals surface area contributed by atoms with E-state index in [-0.39, 0.29) is 5.60 Å². The highest BCUT2D eigenvalue weighted by atomic mass is 16.5. The number of hydrogen-bond donors (Lipinski definition) is 1. The van der Waals surface area contributed by atoms with Crippen LogP contribution in [-0.4, -0.2) is 23.7 Å². The number of hydrogen-bond acceptors (Lipinski definition) is 3. The molecule has 0 radical (unpaired) electrons. The van der Waals surface area contributed by atoms with E-state index in [4.69, 9.17) is 10.5 Å². The molecule has 1 fully saturated rings. The minimum Gasteiger partial charge on any atom is -0.373 e. The third-order valence-corrected chi connectivity index (χ3v) is 3.66. The smallest absolute Gasteiger partial charge is 0.0804 e. The predicted molar refractivity (Wildman–Crippen MR) is 68.8 cm³/mol. The minimum atomic E-state index is -0.0412. The van der Waals surface area contributed by atoms with Crippen molar-refractivity contribution in [2.24, 2.45) is 5.73 Å². The third kappa shape index (κ3) is 3.51. The van der Waals surface area contributed by atoms with Crippen LogP contribution in [0.2, 0.25) is 0 Å². The Morgan fingerprint density at radius 1 is 1.29 bits per heavy atom. The van der Waals surface area contributed by atoms with E-state index in [1.807, 2.05) is 12.3 Å². The molecule has 94 valence electrons. The molecule has 1 saturated carbocycles. The van der Waals surface area contributed by atoms with Crippen LogP contribution >= 0.6 is 0 Å². The molecule has 0 aliphatic heterocycles. The van der Waals surface area contributed by atoms with E-state index in [0.29, 0.717) is 6.54 Å². The second-order valence-electron chi connectivity index (χ2n) is 4.91. The van der Waals surface area contributed by atoms with Gasteiger partial charge in [0, 0.05) is 18.9 Å². The quantitative estimate of drug-likeness (QED) is 0.850. The van der Waals surface area contributed by atoms with Crippen LogP contribution in [-0.2, 0) is 11.2 Å². The number of rotatable bonds is 5. The molecular weight excluding hydrogens is 212 g/mol. The Hall–Kier alpha value is -0.930. The van der Waals surface area contributed by atoms with Gasteiger partial charge in [-0.3, -0.25) is 4.98 Å². The van der Waals surface area contributed by atoms with E-state index < -0.39 is 0 Å². The number of ether oxygens (including phenoxy) is 1. The second-order valence-corrected chi connectivity index (χ2v) is 4.91. The van der Waals surface area contributed by atoms with Gasteiger partial charge in [0.05, 0.1) is 12.2 Å². The molecule has 2 N–H and O–H groups in total. The van der Waals surface area contributed by atoms with Crippen molar-refractivity contribution in [3.8, 4) is 0 Å². The van der Waals surface area contributed by atoms with E-state index in [1.54, 1.807) is 6.20 Å². The first-order chi connectivity index (χ1) is 8.35. The van der Waals surface area contributed by atoms with Crippen molar-refractivity contribution < 1.29 is 4.74 Å². The molecule has 1 aromatic heterocycles. The molecule has 1 aliphatic carbocycles. The minimum absolute atomic E-state index is 0.0412. The van der Waals surface area contributed by atoms with Gasteiger partial charge in [0.15, 0.2) is 0 Å². The van der Waals surface area contributed by atoms with Gasteiger partial charge in [-0.25, -0.2) is 0 Å². The second kappa shape index (κ2) is 6.12. The van der Waals surface area contributed by atoms with Crippen LogP contribution in [0.3, 0.4) is 0 Å². The molecule has 1 aromatic rings. The summed E-state index contributed by atoms with van der Waals surface area (Å²) in [5.74, 6) is 0. The van der Waals surface area contributed by atoms with Gasteiger partial charge in [-0.1, -0.05) is 25.3 Å². The highest BCUT2D eigenvalue weighted by Gasteiger charge is 2.31. The molecular formula is C14H22N2O. The summed E-state index contributed by atoms with van der Waals surface area (Å²) in [5.41, 5.74) is 7.07. The zero-order valence-electron chi connectivity index (χ0n) is 10.4. The Labute approximate surface area is 103 Å². The van der Waals surface area contributed by atoms with Crippen molar-refractivity contribution in [2.75, 3.05) is 13.2 Å². The molecule has 0 saturated heterocycles. The number of nitrogens with zero attached hydrogens (tertiary/aromatic N) is 1. The first-order valence-electron chi connectivity index (χ1n) is 6.58. The van der Waals surface area contributed by atoms with E-state index in [9.17, 15) is 0 Å². The number of aromatic nitrogens is 1. The summed E-state index contributed by atoms with van der Waals surface area (Å²) >= 11 is 0. The van der Waals surface area contributed by atoms with Crippen LogP contribution < -0.4 is 5.73 Å². The van der Waals surface area contributed by atoms with Crippen molar-refractivity contribution in [1.29, 1.82) is 0 Å². The Morgan fingerprint density at radius 3 is 2.76 bits per heavy atom. The lowest BCUT2D eigenvalue weighted by molar-refractivity contribution is -0.0618. The zero-order valence-corrected chi connectivity index (χ0v) is 10.4. The monoisotopic (exact) mass is 234 g/mol. The number of pyridine rings is 1. The molecule has 3 nitrogen and oxygen atoms in total. The highest BCUT2D eigenvalue weighted by molar-refractivity contribution is 5.08. The van der Waals surface area contributed by atoms with Crippen LogP contribution in [0.4, 0.5) is 0 Å². The van der Waals surface area contributed by atoms with E-state index in [2.05, 4.69) is 11.1 Å². The average molecular weight is 234 g/mol.